The van der Waals surface area contributed by atoms with Crippen LogP contribution in [0.25, 0.3) is 0 Å². The van der Waals surface area contributed by atoms with Gasteiger partial charge < -0.3 is 19.5 Å². The lowest BCUT2D eigenvalue weighted by Crippen LogP contribution is -2.56. The number of rotatable bonds is 5. The molecule has 2 aromatic rings. The average molecular weight is 472 g/mol. The van der Waals surface area contributed by atoms with Crippen molar-refractivity contribution in [2.75, 3.05) is 26.3 Å². The highest BCUT2D eigenvalue weighted by Gasteiger charge is 2.41. The van der Waals surface area contributed by atoms with Crippen molar-refractivity contribution in [3.05, 3.63) is 58.6 Å². The first-order valence-electron chi connectivity index (χ1n) is 11.4. The van der Waals surface area contributed by atoms with Crippen LogP contribution in [0.4, 0.5) is 4.79 Å². The van der Waals surface area contributed by atoms with E-state index in [0.717, 1.165) is 16.8 Å². The number of ether oxygens (including phenoxy) is 2. The number of aliphatic imine (C=N–C) groups is 1. The van der Waals surface area contributed by atoms with Crippen molar-refractivity contribution < 1.29 is 19.4 Å². The number of likely N-dealkylation sites (tertiary alicyclic amines) is 1. The lowest BCUT2D eigenvalue weighted by Gasteiger charge is -2.45. The van der Waals surface area contributed by atoms with Gasteiger partial charge >= 0.3 is 6.09 Å². The lowest BCUT2D eigenvalue weighted by atomic mass is 9.87. The van der Waals surface area contributed by atoms with Gasteiger partial charge in [0.15, 0.2) is 11.5 Å². The molecule has 0 bridgehead atoms. The molecule has 0 radical (unpaired) electrons. The predicted octanol–water partition coefficient (Wildman–Crippen LogP) is 4.92. The van der Waals surface area contributed by atoms with Gasteiger partial charge in [-0.25, -0.2) is 4.79 Å². The van der Waals surface area contributed by atoms with E-state index in [-0.39, 0.29) is 17.9 Å². The zero-order valence-corrected chi connectivity index (χ0v) is 19.8. The SMILES string of the molecule is CCOC(=O)N1CCC2(CC1)N=C(c1ccc(Cl)cc1)C[C@@H](c1cccc(OCC)c1O)N2. The van der Waals surface area contributed by atoms with E-state index in [9.17, 15) is 9.90 Å². The van der Waals surface area contributed by atoms with E-state index < -0.39 is 5.66 Å². The summed E-state index contributed by atoms with van der Waals surface area (Å²) in [5.41, 5.74) is 2.17. The zero-order valence-electron chi connectivity index (χ0n) is 19.0. The molecule has 8 heteroatoms. The highest BCUT2D eigenvalue weighted by atomic mass is 35.5. The van der Waals surface area contributed by atoms with E-state index in [1.807, 2.05) is 50.2 Å². The van der Waals surface area contributed by atoms with Gasteiger partial charge in [0.2, 0.25) is 0 Å². The van der Waals surface area contributed by atoms with Crippen LogP contribution in [0.15, 0.2) is 47.5 Å². The topological polar surface area (TPSA) is 83.4 Å². The van der Waals surface area contributed by atoms with Gasteiger partial charge in [-0.15, -0.1) is 0 Å². The van der Waals surface area contributed by atoms with Crippen LogP contribution in [0.2, 0.25) is 5.02 Å². The molecule has 1 amide bonds. The molecule has 2 aliphatic heterocycles. The van der Waals surface area contributed by atoms with Crippen LogP contribution in [-0.2, 0) is 4.74 Å². The smallest absolute Gasteiger partial charge is 0.409 e. The molecular weight excluding hydrogens is 442 g/mol. The molecule has 0 unspecified atom stereocenters. The number of benzene rings is 2. The number of amides is 1. The molecule has 2 heterocycles. The largest absolute Gasteiger partial charge is 0.504 e. The normalized spacial score (nSPS) is 19.8. The minimum absolute atomic E-state index is 0.147. The van der Waals surface area contributed by atoms with Crippen molar-refractivity contribution in [3.8, 4) is 11.5 Å². The highest BCUT2D eigenvalue weighted by Crippen LogP contribution is 2.40. The van der Waals surface area contributed by atoms with Crippen molar-refractivity contribution in [2.24, 2.45) is 4.99 Å². The maximum Gasteiger partial charge on any atom is 0.409 e. The molecule has 1 atom stereocenters. The number of hydrogen-bond donors (Lipinski definition) is 2. The highest BCUT2D eigenvalue weighted by molar-refractivity contribution is 6.30. The number of halogens is 1. The number of hydrogen-bond acceptors (Lipinski definition) is 6. The number of phenols is 1. The van der Waals surface area contributed by atoms with Gasteiger partial charge in [-0.05, 0) is 37.6 Å². The average Bonchev–Trinajstić information content (AvgIpc) is 2.81. The van der Waals surface area contributed by atoms with Gasteiger partial charge in [-0.2, -0.15) is 0 Å². The van der Waals surface area contributed by atoms with Crippen LogP contribution in [0.1, 0.15) is 50.3 Å². The summed E-state index contributed by atoms with van der Waals surface area (Å²) in [4.78, 5) is 19.1. The van der Waals surface area contributed by atoms with Crippen LogP contribution in [0.3, 0.4) is 0 Å². The minimum atomic E-state index is -0.547. The maximum atomic E-state index is 12.2. The standard InChI is InChI=1S/C25H30ClN3O4/c1-3-32-22-7-5-6-19(23(22)30)21-16-20(17-8-10-18(26)11-9-17)27-25(28-21)12-14-29(15-13-25)24(31)33-4-2/h5-11,21,28,30H,3-4,12-16H2,1-2H3/t21-/m0/s1. The molecule has 2 N–H and O–H groups in total. The molecule has 33 heavy (non-hydrogen) atoms. The van der Waals surface area contributed by atoms with Crippen molar-refractivity contribution in [1.29, 1.82) is 0 Å². The molecule has 0 saturated carbocycles. The Balaban J connectivity index is 1.66. The number of para-hydroxylation sites is 1. The maximum absolute atomic E-state index is 12.2. The summed E-state index contributed by atoms with van der Waals surface area (Å²) in [7, 11) is 0. The lowest BCUT2D eigenvalue weighted by molar-refractivity contribution is 0.0778. The molecule has 2 aromatic carbocycles. The summed E-state index contributed by atoms with van der Waals surface area (Å²) in [6.45, 7) is 5.61. The van der Waals surface area contributed by atoms with Gasteiger partial charge in [0, 0.05) is 54.7 Å². The molecule has 0 aliphatic carbocycles. The molecule has 1 spiro atoms. The third kappa shape index (κ3) is 5.09. The van der Waals surface area contributed by atoms with E-state index >= 15 is 0 Å². The number of piperidine rings is 1. The fourth-order valence-corrected chi connectivity index (χ4v) is 4.67. The Hall–Kier alpha value is -2.77. The van der Waals surface area contributed by atoms with E-state index in [4.69, 9.17) is 26.1 Å². The van der Waals surface area contributed by atoms with Gasteiger partial charge in [0.1, 0.15) is 5.66 Å². The number of carbonyl (C=O) groups is 1. The fourth-order valence-electron chi connectivity index (χ4n) is 4.54. The fraction of sp³-hybridized carbons (Fsp3) is 0.440. The molecular formula is C25H30ClN3O4. The molecule has 4 rings (SSSR count). The molecule has 1 saturated heterocycles. The Morgan fingerprint density at radius 2 is 1.91 bits per heavy atom. The monoisotopic (exact) mass is 471 g/mol. The zero-order chi connectivity index (χ0) is 23.4. The Morgan fingerprint density at radius 3 is 2.58 bits per heavy atom. The van der Waals surface area contributed by atoms with Gasteiger partial charge in [0.05, 0.1) is 13.2 Å². The quantitative estimate of drug-likeness (QED) is 0.646. The Morgan fingerprint density at radius 1 is 1.18 bits per heavy atom. The summed E-state index contributed by atoms with van der Waals surface area (Å²) in [6.07, 6.45) is 1.61. The van der Waals surface area contributed by atoms with Crippen LogP contribution >= 0.6 is 11.6 Å². The third-order valence-electron chi connectivity index (χ3n) is 6.19. The first-order chi connectivity index (χ1) is 15.9. The van der Waals surface area contributed by atoms with Crippen molar-refractivity contribution in [2.45, 2.75) is 44.8 Å². The first kappa shape index (κ1) is 23.4. The second-order valence-electron chi connectivity index (χ2n) is 8.31. The Labute approximate surface area is 199 Å². The molecule has 176 valence electrons. The van der Waals surface area contributed by atoms with Crippen molar-refractivity contribution in [1.82, 2.24) is 10.2 Å². The van der Waals surface area contributed by atoms with E-state index in [0.29, 0.717) is 56.3 Å². The number of phenolic OH excluding ortho intramolecular Hbond substituents is 1. The predicted molar refractivity (Wildman–Crippen MR) is 128 cm³/mol. The van der Waals surface area contributed by atoms with E-state index in [1.54, 1.807) is 11.0 Å². The number of nitrogens with one attached hydrogen (secondary N) is 1. The summed E-state index contributed by atoms with van der Waals surface area (Å²) < 4.78 is 10.8. The minimum Gasteiger partial charge on any atom is -0.504 e. The summed E-state index contributed by atoms with van der Waals surface area (Å²) in [5, 5.41) is 15.3. The molecule has 0 aromatic heterocycles. The molecule has 1 fully saturated rings. The molecule has 2 aliphatic rings. The first-order valence-corrected chi connectivity index (χ1v) is 11.8. The van der Waals surface area contributed by atoms with E-state index in [2.05, 4.69) is 5.32 Å². The van der Waals surface area contributed by atoms with Crippen LogP contribution < -0.4 is 10.1 Å². The summed E-state index contributed by atoms with van der Waals surface area (Å²) >= 11 is 6.11. The number of carbonyl (C=O) groups excluding carboxylic acids is 1. The summed E-state index contributed by atoms with van der Waals surface area (Å²) in [6, 6.07) is 13.1. The second-order valence-corrected chi connectivity index (χ2v) is 8.75. The van der Waals surface area contributed by atoms with Gasteiger partial charge in [-0.1, -0.05) is 35.9 Å². The van der Waals surface area contributed by atoms with Crippen LogP contribution in [0.5, 0.6) is 11.5 Å². The second kappa shape index (κ2) is 10.0. The molecule has 7 nitrogen and oxygen atoms in total. The van der Waals surface area contributed by atoms with Crippen LogP contribution in [-0.4, -0.2) is 53.8 Å². The Kier molecular flexibility index (Phi) is 7.10. The Bertz CT molecular complexity index is 1020. The number of nitrogens with zero attached hydrogens (tertiary/aromatic N) is 2. The van der Waals surface area contributed by atoms with Crippen LogP contribution in [0, 0.1) is 0 Å². The van der Waals surface area contributed by atoms with Gasteiger partial charge in [-0.3, -0.25) is 10.3 Å². The van der Waals surface area contributed by atoms with E-state index in [1.165, 1.54) is 0 Å². The van der Waals surface area contributed by atoms with Gasteiger partial charge in [0.25, 0.3) is 0 Å². The summed E-state index contributed by atoms with van der Waals surface area (Å²) in [5.74, 6) is 0.617. The number of aromatic hydroxyl groups is 1. The third-order valence-corrected chi connectivity index (χ3v) is 6.44. The van der Waals surface area contributed by atoms with Crippen molar-refractivity contribution >= 4 is 23.4 Å². The van der Waals surface area contributed by atoms with Crippen molar-refractivity contribution in [3.63, 3.8) is 0 Å².